The molecular weight excluding hydrogens is 454 g/mol. The number of carboxylic acids is 1. The van der Waals surface area contributed by atoms with Gasteiger partial charge < -0.3 is 10.2 Å². The molecule has 178 valence electrons. The molecule has 1 aliphatic heterocycles. The third-order valence-corrected chi connectivity index (χ3v) is 6.30. The van der Waals surface area contributed by atoms with Crippen molar-refractivity contribution in [2.45, 2.75) is 13.8 Å². The maximum Gasteiger partial charge on any atom is 0.335 e. The monoisotopic (exact) mass is 477 g/mol. The lowest BCUT2D eigenvalue weighted by Gasteiger charge is -2.18. The van der Waals surface area contributed by atoms with Crippen LogP contribution in [-0.2, 0) is 4.79 Å². The zero-order chi connectivity index (χ0) is 25.4. The van der Waals surface area contributed by atoms with Crippen LogP contribution in [0, 0.1) is 13.8 Å². The highest BCUT2D eigenvalue weighted by molar-refractivity contribution is 6.55. The number of aryl methyl sites for hydroxylation is 2. The van der Waals surface area contributed by atoms with Crippen molar-refractivity contribution in [3.05, 3.63) is 107 Å². The van der Waals surface area contributed by atoms with Crippen molar-refractivity contribution in [3.63, 3.8) is 0 Å². The summed E-state index contributed by atoms with van der Waals surface area (Å²) >= 11 is 0. The Morgan fingerprint density at radius 3 is 2.39 bits per heavy atom. The third kappa shape index (κ3) is 3.96. The highest BCUT2D eigenvalue weighted by Crippen LogP contribution is 2.38. The number of phenolic OH excluding ortho intramolecular Hbond substituents is 1. The molecule has 1 amide bonds. The molecule has 0 radical (unpaired) electrons. The highest BCUT2D eigenvalue weighted by Gasteiger charge is 2.35. The molecule has 36 heavy (non-hydrogen) atoms. The Kier molecular flexibility index (Phi) is 5.74. The predicted octanol–water partition coefficient (Wildman–Crippen LogP) is 5.87. The molecule has 1 heterocycles. The maximum absolute atomic E-state index is 13.5. The molecular formula is C29H23N3O4. The van der Waals surface area contributed by atoms with E-state index in [1.165, 1.54) is 12.1 Å². The van der Waals surface area contributed by atoms with Gasteiger partial charge in [-0.2, -0.15) is 5.10 Å². The minimum atomic E-state index is -1.05. The van der Waals surface area contributed by atoms with Gasteiger partial charge in [0.2, 0.25) is 0 Å². The fourth-order valence-corrected chi connectivity index (χ4v) is 4.23. The Hall–Kier alpha value is -4.91. The van der Waals surface area contributed by atoms with Crippen LogP contribution >= 0.6 is 0 Å². The van der Waals surface area contributed by atoms with E-state index in [0.29, 0.717) is 16.7 Å². The largest absolute Gasteiger partial charge is 0.505 e. The van der Waals surface area contributed by atoms with Crippen LogP contribution in [-0.4, -0.2) is 27.8 Å². The summed E-state index contributed by atoms with van der Waals surface area (Å²) in [5.74, 6) is -1.44. The number of nitrogens with zero attached hydrogens (tertiary/aromatic N) is 2. The SMILES string of the molecule is Cc1ccc(N2C(=O)/C(=N\Nc3cccc(-c4cccc(C(=O)O)c4)c3O)c3ccccc32)cc1C. The van der Waals surface area contributed by atoms with Crippen LogP contribution in [0.15, 0.2) is 90.0 Å². The van der Waals surface area contributed by atoms with Gasteiger partial charge in [-0.15, -0.1) is 0 Å². The number of carbonyl (C=O) groups is 2. The number of fused-ring (bicyclic) bond motifs is 1. The topological polar surface area (TPSA) is 102 Å². The van der Waals surface area contributed by atoms with E-state index >= 15 is 0 Å². The summed E-state index contributed by atoms with van der Waals surface area (Å²) in [6.07, 6.45) is 0. The maximum atomic E-state index is 13.5. The number of anilines is 3. The number of benzene rings is 4. The number of hydrogen-bond donors (Lipinski definition) is 3. The number of hydrazone groups is 1. The van der Waals surface area contributed by atoms with Crippen molar-refractivity contribution in [2.24, 2.45) is 5.10 Å². The standard InChI is InChI=1S/C29H23N3O4/c1-17-13-14-21(15-18(17)2)32-25-12-4-3-9-23(25)26(28(32)34)31-30-24-11-6-10-22(27(24)33)19-7-5-8-20(16-19)29(35)36/h3-16,30,33H,1-2H3,(H,35,36)/b31-26-. The van der Waals surface area contributed by atoms with E-state index in [2.05, 4.69) is 10.5 Å². The van der Waals surface area contributed by atoms with E-state index in [0.717, 1.165) is 22.5 Å². The van der Waals surface area contributed by atoms with Gasteiger partial charge >= 0.3 is 5.97 Å². The number of nitrogens with one attached hydrogen (secondary N) is 1. The van der Waals surface area contributed by atoms with Crippen molar-refractivity contribution < 1.29 is 19.8 Å². The molecule has 4 aromatic rings. The number of hydrogen-bond acceptors (Lipinski definition) is 5. The second-order valence-corrected chi connectivity index (χ2v) is 8.59. The van der Waals surface area contributed by atoms with Gasteiger partial charge in [0.25, 0.3) is 5.91 Å². The summed E-state index contributed by atoms with van der Waals surface area (Å²) in [6, 6.07) is 24.7. The molecule has 7 nitrogen and oxygen atoms in total. The highest BCUT2D eigenvalue weighted by atomic mass is 16.4. The Bertz CT molecular complexity index is 1560. The summed E-state index contributed by atoms with van der Waals surface area (Å²) in [7, 11) is 0. The lowest BCUT2D eigenvalue weighted by molar-refractivity contribution is -0.111. The summed E-state index contributed by atoms with van der Waals surface area (Å²) in [6.45, 7) is 4.03. The average molecular weight is 478 g/mol. The normalized spacial score (nSPS) is 13.7. The molecule has 0 aromatic heterocycles. The Labute approximate surface area is 208 Å². The fourth-order valence-electron chi connectivity index (χ4n) is 4.23. The van der Waals surface area contributed by atoms with E-state index in [9.17, 15) is 19.8 Å². The van der Waals surface area contributed by atoms with Crippen LogP contribution in [0.5, 0.6) is 5.75 Å². The molecule has 0 bridgehead atoms. The van der Waals surface area contributed by atoms with Crippen LogP contribution in [0.4, 0.5) is 17.1 Å². The number of para-hydroxylation sites is 2. The van der Waals surface area contributed by atoms with E-state index < -0.39 is 5.97 Å². The van der Waals surface area contributed by atoms with E-state index in [1.807, 2.05) is 56.3 Å². The minimum Gasteiger partial charge on any atom is -0.505 e. The molecule has 0 unspecified atom stereocenters. The number of aromatic hydroxyl groups is 1. The van der Waals surface area contributed by atoms with Crippen LogP contribution in [0.3, 0.4) is 0 Å². The number of phenols is 1. The number of aromatic carboxylic acids is 1. The van der Waals surface area contributed by atoms with Gasteiger partial charge in [0.1, 0.15) is 5.75 Å². The molecule has 0 atom stereocenters. The number of carbonyl (C=O) groups excluding carboxylic acids is 1. The van der Waals surface area contributed by atoms with Gasteiger partial charge in [-0.3, -0.25) is 15.1 Å². The molecule has 0 spiro atoms. The van der Waals surface area contributed by atoms with Crippen LogP contribution in [0.1, 0.15) is 27.0 Å². The van der Waals surface area contributed by atoms with E-state index in [-0.39, 0.29) is 28.6 Å². The van der Waals surface area contributed by atoms with Gasteiger partial charge in [0.05, 0.1) is 16.9 Å². The van der Waals surface area contributed by atoms with Gasteiger partial charge in [-0.25, -0.2) is 4.79 Å². The summed E-state index contributed by atoms with van der Waals surface area (Å²) in [4.78, 5) is 26.5. The summed E-state index contributed by atoms with van der Waals surface area (Å²) in [5.41, 5.74) is 8.84. The summed E-state index contributed by atoms with van der Waals surface area (Å²) in [5, 5.41) is 24.6. The quantitative estimate of drug-likeness (QED) is 0.246. The van der Waals surface area contributed by atoms with Crippen molar-refractivity contribution >= 4 is 34.7 Å². The molecule has 0 saturated heterocycles. The summed E-state index contributed by atoms with van der Waals surface area (Å²) < 4.78 is 0. The molecule has 0 aliphatic carbocycles. The number of carboxylic acid groups (broad SMARTS) is 1. The van der Waals surface area contributed by atoms with Crippen LogP contribution in [0.2, 0.25) is 0 Å². The minimum absolute atomic E-state index is 0.103. The molecule has 1 aliphatic rings. The molecule has 0 fully saturated rings. The predicted molar refractivity (Wildman–Crippen MR) is 140 cm³/mol. The van der Waals surface area contributed by atoms with Gasteiger partial charge in [-0.05, 0) is 66.9 Å². The van der Waals surface area contributed by atoms with Crippen LogP contribution < -0.4 is 10.3 Å². The lowest BCUT2D eigenvalue weighted by atomic mass is 10.0. The molecule has 3 N–H and O–H groups in total. The molecule has 0 saturated carbocycles. The zero-order valence-corrected chi connectivity index (χ0v) is 19.7. The van der Waals surface area contributed by atoms with Crippen LogP contribution in [0.25, 0.3) is 11.1 Å². The smallest absolute Gasteiger partial charge is 0.335 e. The fraction of sp³-hybridized carbons (Fsp3) is 0.0690. The third-order valence-electron chi connectivity index (χ3n) is 6.30. The number of amides is 1. The molecule has 5 rings (SSSR count). The number of rotatable bonds is 5. The van der Waals surface area contributed by atoms with E-state index in [1.54, 1.807) is 35.2 Å². The van der Waals surface area contributed by atoms with Crippen molar-refractivity contribution in [1.82, 2.24) is 0 Å². The van der Waals surface area contributed by atoms with Crippen molar-refractivity contribution in [3.8, 4) is 16.9 Å². The van der Waals surface area contributed by atoms with Gasteiger partial charge in [0.15, 0.2) is 5.71 Å². The van der Waals surface area contributed by atoms with Gasteiger partial charge in [0, 0.05) is 16.8 Å². The zero-order valence-electron chi connectivity index (χ0n) is 19.7. The Balaban J connectivity index is 1.51. The van der Waals surface area contributed by atoms with Gasteiger partial charge in [-0.1, -0.05) is 48.5 Å². The Morgan fingerprint density at radius 1 is 0.861 bits per heavy atom. The molecule has 7 heteroatoms. The Morgan fingerprint density at radius 2 is 1.61 bits per heavy atom. The molecule has 4 aromatic carbocycles. The first-order valence-electron chi connectivity index (χ1n) is 11.4. The second-order valence-electron chi connectivity index (χ2n) is 8.59. The van der Waals surface area contributed by atoms with Crippen molar-refractivity contribution in [1.29, 1.82) is 0 Å². The van der Waals surface area contributed by atoms with E-state index in [4.69, 9.17) is 0 Å². The first kappa shape index (κ1) is 22.9. The first-order chi connectivity index (χ1) is 17.3. The first-order valence-corrected chi connectivity index (χ1v) is 11.4. The average Bonchev–Trinajstić information content (AvgIpc) is 3.16. The van der Waals surface area contributed by atoms with Crippen molar-refractivity contribution in [2.75, 3.05) is 10.3 Å². The lowest BCUT2D eigenvalue weighted by Crippen LogP contribution is -2.26. The second kappa shape index (κ2) is 9.03.